The van der Waals surface area contributed by atoms with Crippen molar-refractivity contribution in [3.63, 3.8) is 0 Å². The van der Waals surface area contributed by atoms with Crippen LogP contribution < -0.4 is 5.32 Å². The van der Waals surface area contributed by atoms with E-state index in [1.165, 1.54) is 25.7 Å². The van der Waals surface area contributed by atoms with E-state index in [2.05, 4.69) is 25.7 Å². The summed E-state index contributed by atoms with van der Waals surface area (Å²) in [6.07, 6.45) is 7.67. The second kappa shape index (κ2) is 4.66. The average molecular weight is 167 g/mol. The lowest BCUT2D eigenvalue weighted by Crippen LogP contribution is -2.37. The molecule has 0 bridgehead atoms. The van der Waals surface area contributed by atoms with Crippen molar-refractivity contribution in [3.05, 3.63) is 12.7 Å². The molecule has 2 unspecified atom stereocenters. The van der Waals surface area contributed by atoms with Gasteiger partial charge in [-0.3, -0.25) is 0 Å². The molecule has 1 fully saturated rings. The summed E-state index contributed by atoms with van der Waals surface area (Å²) in [6, 6.07) is 1.13. The third-order valence-electron chi connectivity index (χ3n) is 2.99. The molecule has 1 aliphatic rings. The Balaban J connectivity index is 2.26. The molecule has 0 saturated heterocycles. The van der Waals surface area contributed by atoms with Gasteiger partial charge in [-0.05, 0) is 32.6 Å². The van der Waals surface area contributed by atoms with E-state index in [0.29, 0.717) is 12.1 Å². The lowest BCUT2D eigenvalue weighted by atomic mass is 9.99. The van der Waals surface area contributed by atoms with Crippen molar-refractivity contribution in [1.29, 1.82) is 0 Å². The van der Waals surface area contributed by atoms with Crippen LogP contribution in [0.4, 0.5) is 0 Å². The van der Waals surface area contributed by atoms with Gasteiger partial charge in [-0.15, -0.1) is 6.58 Å². The van der Waals surface area contributed by atoms with Crippen molar-refractivity contribution in [2.45, 2.75) is 51.6 Å². The molecule has 1 N–H and O–H groups in total. The molecule has 0 aromatic heterocycles. The quantitative estimate of drug-likeness (QED) is 0.635. The van der Waals surface area contributed by atoms with Crippen molar-refractivity contribution < 1.29 is 0 Å². The molecular formula is C11H21N. The minimum atomic E-state index is 0.459. The molecule has 0 heterocycles. The van der Waals surface area contributed by atoms with Gasteiger partial charge >= 0.3 is 0 Å². The number of rotatable bonds is 4. The highest BCUT2D eigenvalue weighted by Crippen LogP contribution is 2.27. The summed E-state index contributed by atoms with van der Waals surface area (Å²) in [5.41, 5.74) is 0. The predicted molar refractivity (Wildman–Crippen MR) is 54.2 cm³/mol. The van der Waals surface area contributed by atoms with Crippen LogP contribution in [-0.4, -0.2) is 12.1 Å². The van der Waals surface area contributed by atoms with Crippen LogP contribution in [0.25, 0.3) is 0 Å². The van der Waals surface area contributed by atoms with Gasteiger partial charge in [0.2, 0.25) is 0 Å². The molecule has 1 rings (SSSR count). The van der Waals surface area contributed by atoms with Gasteiger partial charge in [0.25, 0.3) is 0 Å². The number of nitrogens with one attached hydrogen (secondary N) is 1. The minimum absolute atomic E-state index is 0.459. The zero-order valence-corrected chi connectivity index (χ0v) is 8.34. The summed E-state index contributed by atoms with van der Waals surface area (Å²) < 4.78 is 0. The molecule has 0 radical (unpaired) electrons. The van der Waals surface area contributed by atoms with E-state index >= 15 is 0 Å². The number of hydrogen-bond acceptors (Lipinski definition) is 1. The highest BCUT2D eigenvalue weighted by molar-refractivity contribution is 4.86. The van der Waals surface area contributed by atoms with Crippen molar-refractivity contribution in [1.82, 2.24) is 5.32 Å². The molecular weight excluding hydrogens is 146 g/mol. The summed E-state index contributed by atoms with van der Waals surface area (Å²) in [7, 11) is 0. The second-order valence-corrected chi connectivity index (χ2v) is 4.02. The van der Waals surface area contributed by atoms with Crippen LogP contribution in [0.15, 0.2) is 12.7 Å². The normalized spacial score (nSPS) is 23.8. The second-order valence-electron chi connectivity index (χ2n) is 4.02. The smallest absolute Gasteiger partial charge is 0.0221 e. The van der Waals surface area contributed by atoms with Crippen LogP contribution in [0.2, 0.25) is 0 Å². The summed E-state index contributed by atoms with van der Waals surface area (Å²) in [6.45, 7) is 8.24. The van der Waals surface area contributed by atoms with Gasteiger partial charge in [-0.25, -0.2) is 0 Å². The van der Waals surface area contributed by atoms with Crippen LogP contribution in [0.3, 0.4) is 0 Å². The third kappa shape index (κ3) is 2.63. The zero-order chi connectivity index (χ0) is 8.97. The maximum absolute atomic E-state index is 3.78. The first-order valence-electron chi connectivity index (χ1n) is 5.12. The number of hydrogen-bond donors (Lipinski definition) is 1. The Labute approximate surface area is 76.2 Å². The van der Waals surface area contributed by atoms with Crippen molar-refractivity contribution in [2.24, 2.45) is 5.92 Å². The van der Waals surface area contributed by atoms with Crippen molar-refractivity contribution in [2.75, 3.05) is 0 Å². The van der Waals surface area contributed by atoms with Gasteiger partial charge in [0, 0.05) is 12.1 Å². The molecule has 2 atom stereocenters. The van der Waals surface area contributed by atoms with Gasteiger partial charge in [-0.1, -0.05) is 18.9 Å². The Morgan fingerprint density at radius 2 is 1.92 bits per heavy atom. The first kappa shape index (κ1) is 9.79. The van der Waals surface area contributed by atoms with Crippen LogP contribution in [0.1, 0.15) is 39.5 Å². The van der Waals surface area contributed by atoms with E-state index in [-0.39, 0.29) is 0 Å². The van der Waals surface area contributed by atoms with Gasteiger partial charge in [0.05, 0.1) is 0 Å². The molecule has 1 saturated carbocycles. The average Bonchev–Trinajstić information content (AvgIpc) is 2.56. The maximum atomic E-state index is 3.78. The molecule has 0 aromatic carbocycles. The Morgan fingerprint density at radius 3 is 2.42 bits per heavy atom. The fraction of sp³-hybridized carbons (Fsp3) is 0.818. The van der Waals surface area contributed by atoms with Crippen LogP contribution in [0.5, 0.6) is 0 Å². The van der Waals surface area contributed by atoms with Crippen molar-refractivity contribution >= 4 is 0 Å². The molecule has 12 heavy (non-hydrogen) atoms. The predicted octanol–water partition coefficient (Wildman–Crippen LogP) is 2.73. The van der Waals surface area contributed by atoms with Gasteiger partial charge in [0.15, 0.2) is 0 Å². The lowest BCUT2D eigenvalue weighted by Gasteiger charge is -2.22. The topological polar surface area (TPSA) is 12.0 Å². The SMILES string of the molecule is C=CC(C)NC(C)C1CCCC1. The summed E-state index contributed by atoms with van der Waals surface area (Å²) >= 11 is 0. The van der Waals surface area contributed by atoms with E-state index in [9.17, 15) is 0 Å². The Hall–Kier alpha value is -0.300. The Bertz CT molecular complexity index is 136. The molecule has 1 nitrogen and oxygen atoms in total. The summed E-state index contributed by atoms with van der Waals surface area (Å²) in [5.74, 6) is 0.910. The standard InChI is InChI=1S/C11H21N/c1-4-9(2)12-10(3)11-7-5-6-8-11/h4,9-12H,1,5-8H2,2-3H3. The van der Waals surface area contributed by atoms with Crippen LogP contribution in [0, 0.1) is 5.92 Å². The van der Waals surface area contributed by atoms with Gasteiger partial charge < -0.3 is 5.32 Å². The largest absolute Gasteiger partial charge is 0.308 e. The van der Waals surface area contributed by atoms with Gasteiger partial charge in [-0.2, -0.15) is 0 Å². The summed E-state index contributed by atoms with van der Waals surface area (Å²) in [5, 5.41) is 3.55. The maximum Gasteiger partial charge on any atom is 0.0221 e. The summed E-state index contributed by atoms with van der Waals surface area (Å²) in [4.78, 5) is 0. The molecule has 0 amide bonds. The van der Waals surface area contributed by atoms with E-state index in [1.54, 1.807) is 0 Å². The fourth-order valence-electron chi connectivity index (χ4n) is 2.08. The highest BCUT2D eigenvalue weighted by atomic mass is 14.9. The molecule has 0 aliphatic heterocycles. The Kier molecular flexibility index (Phi) is 3.80. The monoisotopic (exact) mass is 167 g/mol. The van der Waals surface area contributed by atoms with Crippen LogP contribution in [-0.2, 0) is 0 Å². The molecule has 0 aromatic rings. The molecule has 1 heteroatoms. The zero-order valence-electron chi connectivity index (χ0n) is 8.34. The Morgan fingerprint density at radius 1 is 1.33 bits per heavy atom. The van der Waals surface area contributed by atoms with Crippen molar-refractivity contribution in [3.8, 4) is 0 Å². The molecule has 1 aliphatic carbocycles. The van der Waals surface area contributed by atoms with E-state index < -0.39 is 0 Å². The van der Waals surface area contributed by atoms with Gasteiger partial charge in [0.1, 0.15) is 0 Å². The van der Waals surface area contributed by atoms with Crippen LogP contribution >= 0.6 is 0 Å². The lowest BCUT2D eigenvalue weighted by molar-refractivity contribution is 0.369. The molecule has 70 valence electrons. The first-order chi connectivity index (χ1) is 5.74. The first-order valence-corrected chi connectivity index (χ1v) is 5.12. The minimum Gasteiger partial charge on any atom is -0.308 e. The fourth-order valence-corrected chi connectivity index (χ4v) is 2.08. The van der Waals surface area contributed by atoms with E-state index in [1.807, 2.05) is 6.08 Å². The third-order valence-corrected chi connectivity index (χ3v) is 2.99. The highest BCUT2D eigenvalue weighted by Gasteiger charge is 2.21. The van der Waals surface area contributed by atoms with E-state index in [4.69, 9.17) is 0 Å². The molecule has 0 spiro atoms. The van der Waals surface area contributed by atoms with E-state index in [0.717, 1.165) is 5.92 Å².